The minimum absolute atomic E-state index is 0.103. The molecule has 3 aromatic carbocycles. The number of anilines is 1. The van der Waals surface area contributed by atoms with Gasteiger partial charge in [-0.05, 0) is 69.0 Å². The van der Waals surface area contributed by atoms with E-state index in [-0.39, 0.29) is 5.91 Å². The minimum Gasteiger partial charge on any atom is -0.389 e. The minimum atomic E-state index is -0.645. The fraction of sp³-hybridized carbons (Fsp3) is 0.324. The van der Waals surface area contributed by atoms with Crippen LogP contribution < -0.4 is 4.90 Å². The molecule has 0 saturated carbocycles. The molecule has 1 heterocycles. The lowest BCUT2D eigenvalue weighted by molar-refractivity contribution is -0.129. The van der Waals surface area contributed by atoms with Gasteiger partial charge in [0.25, 0.3) is 0 Å². The van der Waals surface area contributed by atoms with E-state index in [1.165, 1.54) is 16.7 Å². The van der Waals surface area contributed by atoms with Gasteiger partial charge in [-0.25, -0.2) is 0 Å². The van der Waals surface area contributed by atoms with Crippen LogP contribution in [0, 0.1) is 13.8 Å². The highest BCUT2D eigenvalue weighted by Crippen LogP contribution is 2.31. The van der Waals surface area contributed by atoms with Gasteiger partial charge in [-0.2, -0.15) is 0 Å². The van der Waals surface area contributed by atoms with E-state index in [2.05, 4.69) is 91.5 Å². The van der Waals surface area contributed by atoms with Gasteiger partial charge < -0.3 is 14.9 Å². The Balaban J connectivity index is 0.00000195. The van der Waals surface area contributed by atoms with Crippen molar-refractivity contribution in [3.05, 3.63) is 113 Å². The van der Waals surface area contributed by atoms with Crippen molar-refractivity contribution in [2.45, 2.75) is 67.0 Å². The Morgan fingerprint density at radius 3 is 2.18 bits per heavy atom. The lowest BCUT2D eigenvalue weighted by atomic mass is 10.0. The van der Waals surface area contributed by atoms with Gasteiger partial charge in [-0.3, -0.25) is 4.79 Å². The molecule has 1 amide bonds. The normalized spacial score (nSPS) is 17.1. The van der Waals surface area contributed by atoms with Gasteiger partial charge in [-0.1, -0.05) is 91.7 Å². The van der Waals surface area contributed by atoms with Crippen molar-refractivity contribution in [2.75, 3.05) is 11.4 Å². The average Bonchev–Trinajstić information content (AvgIpc) is 2.91. The van der Waals surface area contributed by atoms with E-state index >= 15 is 0 Å². The summed E-state index contributed by atoms with van der Waals surface area (Å²) in [6.07, 6.45) is 4.40. The standard InChI is InChI=1S/C32H36N2O2.C2H6/c1-5-30-31(21-25(4)35)33(29-17-11-23(2)12-18-29)19-7-10-32(36)34(30)22-26-13-15-27(16-14-26)28-9-6-8-24(3)20-28;1-2/h5-6,8-9,11-18,20-21,25,35H,7,10,19,22H2,1-4H3;1-2H3/b30-5+,31-21+;. The number of rotatable bonds is 5. The van der Waals surface area contributed by atoms with Crippen molar-refractivity contribution in [3.63, 3.8) is 0 Å². The van der Waals surface area contributed by atoms with Crippen molar-refractivity contribution in [1.82, 2.24) is 4.90 Å². The van der Waals surface area contributed by atoms with E-state index < -0.39 is 6.10 Å². The van der Waals surface area contributed by atoms with Crippen LogP contribution in [-0.4, -0.2) is 28.6 Å². The highest BCUT2D eigenvalue weighted by atomic mass is 16.3. The van der Waals surface area contributed by atoms with Crippen molar-refractivity contribution in [2.24, 2.45) is 0 Å². The first-order chi connectivity index (χ1) is 18.4. The number of aliphatic hydroxyl groups excluding tert-OH is 1. The van der Waals surface area contributed by atoms with E-state index in [1.54, 1.807) is 6.92 Å². The van der Waals surface area contributed by atoms with Gasteiger partial charge in [0.15, 0.2) is 0 Å². The molecule has 1 unspecified atom stereocenters. The molecule has 1 N–H and O–H groups in total. The highest BCUT2D eigenvalue weighted by molar-refractivity contribution is 5.80. The number of hydrogen-bond donors (Lipinski definition) is 1. The fourth-order valence-corrected chi connectivity index (χ4v) is 4.74. The van der Waals surface area contributed by atoms with Gasteiger partial charge in [0.1, 0.15) is 0 Å². The fourth-order valence-electron chi connectivity index (χ4n) is 4.74. The molecule has 0 radical (unpaired) electrons. The van der Waals surface area contributed by atoms with Gasteiger partial charge in [0, 0.05) is 18.7 Å². The third-order valence-corrected chi connectivity index (χ3v) is 6.58. The molecule has 0 aliphatic carbocycles. The van der Waals surface area contributed by atoms with Crippen molar-refractivity contribution >= 4 is 11.6 Å². The summed E-state index contributed by atoms with van der Waals surface area (Å²) in [5.74, 6) is 0.103. The molecule has 0 aromatic heterocycles. The summed E-state index contributed by atoms with van der Waals surface area (Å²) in [4.78, 5) is 17.5. The third kappa shape index (κ3) is 7.23. The molecule has 0 bridgehead atoms. The zero-order valence-corrected chi connectivity index (χ0v) is 23.7. The predicted molar refractivity (Wildman–Crippen MR) is 160 cm³/mol. The lowest BCUT2D eigenvalue weighted by Gasteiger charge is -2.37. The van der Waals surface area contributed by atoms with E-state index in [0.29, 0.717) is 19.5 Å². The van der Waals surface area contributed by atoms with Crippen LogP contribution in [0.5, 0.6) is 0 Å². The van der Waals surface area contributed by atoms with E-state index in [4.69, 9.17) is 0 Å². The molecular formula is C34H42N2O2. The summed E-state index contributed by atoms with van der Waals surface area (Å²) in [5.41, 5.74) is 8.59. The third-order valence-electron chi connectivity index (χ3n) is 6.58. The van der Waals surface area contributed by atoms with Crippen LogP contribution in [-0.2, 0) is 11.3 Å². The smallest absolute Gasteiger partial charge is 0.227 e. The lowest BCUT2D eigenvalue weighted by Crippen LogP contribution is -2.39. The van der Waals surface area contributed by atoms with Crippen LogP contribution in [0.3, 0.4) is 0 Å². The van der Waals surface area contributed by atoms with Crippen molar-refractivity contribution in [3.8, 4) is 11.1 Å². The van der Waals surface area contributed by atoms with Crippen LogP contribution in [0.2, 0.25) is 0 Å². The first kappa shape index (κ1) is 28.9. The highest BCUT2D eigenvalue weighted by Gasteiger charge is 2.28. The van der Waals surface area contributed by atoms with Crippen LogP contribution in [0.1, 0.15) is 57.2 Å². The first-order valence-electron chi connectivity index (χ1n) is 13.7. The number of nitrogens with zero attached hydrogens (tertiary/aromatic N) is 2. The van der Waals surface area contributed by atoms with Gasteiger partial charge in [0.2, 0.25) is 5.91 Å². The Bertz CT molecular complexity index is 1250. The molecule has 4 rings (SSSR count). The summed E-state index contributed by atoms with van der Waals surface area (Å²) in [7, 11) is 0. The molecule has 3 aromatic rings. The Labute approximate surface area is 228 Å². The Kier molecular flexibility index (Phi) is 10.5. The number of amides is 1. The number of carbonyl (C=O) groups is 1. The second kappa shape index (κ2) is 13.8. The number of benzene rings is 3. The van der Waals surface area contributed by atoms with Gasteiger partial charge in [0.05, 0.1) is 24.0 Å². The zero-order valence-electron chi connectivity index (χ0n) is 23.7. The summed E-state index contributed by atoms with van der Waals surface area (Å²) >= 11 is 0. The van der Waals surface area contributed by atoms with E-state index in [9.17, 15) is 9.90 Å². The molecule has 1 fully saturated rings. The number of hydrogen-bond acceptors (Lipinski definition) is 3. The maximum absolute atomic E-state index is 13.4. The number of aliphatic hydroxyl groups is 1. The monoisotopic (exact) mass is 510 g/mol. The summed E-state index contributed by atoms with van der Waals surface area (Å²) < 4.78 is 0. The van der Waals surface area contributed by atoms with Crippen LogP contribution in [0.4, 0.5) is 5.69 Å². The molecule has 1 aliphatic heterocycles. The zero-order chi connectivity index (χ0) is 27.7. The second-order valence-corrected chi connectivity index (χ2v) is 9.60. The maximum Gasteiger partial charge on any atom is 0.227 e. The number of allylic oxidation sites excluding steroid dienone is 1. The predicted octanol–water partition coefficient (Wildman–Crippen LogP) is 7.79. The Morgan fingerprint density at radius 2 is 1.58 bits per heavy atom. The SMILES string of the molecule is C/C=C1\C(=C/C(C)O)N(c2ccc(C)cc2)CCCC(=O)N1Cc1ccc(-c2cccc(C)c2)cc1.CC. The molecule has 4 heteroatoms. The molecule has 1 aliphatic rings. The second-order valence-electron chi connectivity index (χ2n) is 9.60. The molecular weight excluding hydrogens is 468 g/mol. The van der Waals surface area contributed by atoms with Crippen LogP contribution in [0.25, 0.3) is 11.1 Å². The first-order valence-corrected chi connectivity index (χ1v) is 13.7. The molecule has 4 nitrogen and oxygen atoms in total. The quantitative estimate of drug-likeness (QED) is 0.381. The largest absolute Gasteiger partial charge is 0.389 e. The van der Waals surface area contributed by atoms with Gasteiger partial charge >= 0.3 is 0 Å². The molecule has 38 heavy (non-hydrogen) atoms. The maximum atomic E-state index is 13.4. The number of aryl methyl sites for hydroxylation is 2. The molecule has 200 valence electrons. The Hall–Kier alpha value is -3.63. The van der Waals surface area contributed by atoms with E-state index in [0.717, 1.165) is 34.6 Å². The van der Waals surface area contributed by atoms with Crippen molar-refractivity contribution in [1.29, 1.82) is 0 Å². The molecule has 1 atom stereocenters. The summed E-state index contributed by atoms with van der Waals surface area (Å²) in [5, 5.41) is 10.4. The topological polar surface area (TPSA) is 43.8 Å². The molecule has 1 saturated heterocycles. The van der Waals surface area contributed by atoms with Crippen LogP contribution in [0.15, 0.2) is 96.3 Å². The number of carbonyl (C=O) groups excluding carboxylic acids is 1. The average molecular weight is 511 g/mol. The van der Waals surface area contributed by atoms with Crippen LogP contribution >= 0.6 is 0 Å². The summed E-state index contributed by atoms with van der Waals surface area (Å²) in [6.45, 7) is 13.1. The molecule has 0 spiro atoms. The van der Waals surface area contributed by atoms with Crippen molar-refractivity contribution < 1.29 is 9.90 Å². The van der Waals surface area contributed by atoms with E-state index in [1.807, 2.05) is 37.8 Å². The van der Waals surface area contributed by atoms with Gasteiger partial charge in [-0.15, -0.1) is 0 Å². The summed E-state index contributed by atoms with van der Waals surface area (Å²) in [6, 6.07) is 25.3. The Morgan fingerprint density at radius 1 is 0.895 bits per heavy atom.